The van der Waals surface area contributed by atoms with Crippen LogP contribution in [0.1, 0.15) is 62.3 Å². The van der Waals surface area contributed by atoms with Crippen LogP contribution in [0.25, 0.3) is 0 Å². The van der Waals surface area contributed by atoms with Crippen LogP contribution in [0.5, 0.6) is 0 Å². The van der Waals surface area contributed by atoms with Crippen LogP contribution in [-0.2, 0) is 19.1 Å². The summed E-state index contributed by atoms with van der Waals surface area (Å²) in [5.74, 6) is -1.02. The summed E-state index contributed by atoms with van der Waals surface area (Å²) in [6, 6.07) is 16.3. The molecule has 3 saturated heterocycles. The van der Waals surface area contributed by atoms with Crippen LogP contribution in [0.4, 0.5) is 4.39 Å². The normalized spacial score (nSPS) is 27.4. The smallest absolute Gasteiger partial charge is 0.243 e. The first-order chi connectivity index (χ1) is 18.2. The fraction of sp³-hybridized carbons (Fsp3) is 0.500. The van der Waals surface area contributed by atoms with Crippen molar-refractivity contribution in [1.29, 1.82) is 0 Å². The zero-order valence-corrected chi connectivity index (χ0v) is 22.2. The summed E-state index contributed by atoms with van der Waals surface area (Å²) < 4.78 is 20.6. The molecule has 2 aromatic carbocycles. The van der Waals surface area contributed by atoms with Crippen molar-refractivity contribution in [1.82, 2.24) is 15.1 Å². The fourth-order valence-electron chi connectivity index (χ4n) is 6.16. The van der Waals surface area contributed by atoms with Gasteiger partial charge in [-0.3, -0.25) is 14.4 Å². The van der Waals surface area contributed by atoms with Crippen LogP contribution in [0.2, 0.25) is 0 Å². The average Bonchev–Trinajstić information content (AvgIpc) is 3.62. The van der Waals surface area contributed by atoms with Crippen LogP contribution in [0.3, 0.4) is 0 Å². The maximum atomic E-state index is 14.7. The number of alkyl halides is 1. The molecule has 2 aromatic rings. The number of hydrogen-bond acceptors (Lipinski definition) is 4. The fourth-order valence-corrected chi connectivity index (χ4v) is 6.16. The molecule has 0 saturated carbocycles. The minimum atomic E-state index is -1.29. The molecular formula is C30H36FN3O4. The number of carbonyl (C=O) groups excluding carboxylic acids is 3. The summed E-state index contributed by atoms with van der Waals surface area (Å²) >= 11 is 0. The van der Waals surface area contributed by atoms with Crippen LogP contribution >= 0.6 is 0 Å². The first kappa shape index (κ1) is 26.4. The van der Waals surface area contributed by atoms with Gasteiger partial charge in [0, 0.05) is 26.5 Å². The van der Waals surface area contributed by atoms with Crippen LogP contribution in [0.15, 0.2) is 54.6 Å². The van der Waals surface area contributed by atoms with Gasteiger partial charge < -0.3 is 19.9 Å². The third kappa shape index (κ3) is 5.06. The summed E-state index contributed by atoms with van der Waals surface area (Å²) in [6.45, 7) is 6.33. The van der Waals surface area contributed by atoms with Crippen LogP contribution in [-0.4, -0.2) is 71.6 Å². The number of hydrogen-bond donors (Lipinski definition) is 1. The second-order valence-corrected chi connectivity index (χ2v) is 11.0. The molecule has 0 aromatic heterocycles. The Hall–Kier alpha value is -3.26. The van der Waals surface area contributed by atoms with Crippen LogP contribution in [0, 0.1) is 5.92 Å². The SMILES string of the molecule is CC(=O)N1CC(C(=O)N2CC(F)CC2C(=O)NC(c2ccccc2)c2ccc(C(C)C)cc2)C2OCCC21. The lowest BCUT2D eigenvalue weighted by Gasteiger charge is -2.29. The average molecular weight is 522 g/mol. The predicted molar refractivity (Wildman–Crippen MR) is 141 cm³/mol. The molecular weight excluding hydrogens is 485 g/mol. The molecule has 3 fully saturated rings. The predicted octanol–water partition coefficient (Wildman–Crippen LogP) is 3.59. The Morgan fingerprint density at radius 2 is 1.61 bits per heavy atom. The molecule has 3 aliphatic heterocycles. The van der Waals surface area contributed by atoms with Gasteiger partial charge >= 0.3 is 0 Å². The largest absolute Gasteiger partial charge is 0.375 e. The van der Waals surface area contributed by atoms with Gasteiger partial charge in [0.05, 0.1) is 30.7 Å². The zero-order chi connectivity index (χ0) is 27.0. The van der Waals surface area contributed by atoms with Crippen molar-refractivity contribution in [2.75, 3.05) is 19.7 Å². The Bertz CT molecular complexity index is 1170. The quantitative estimate of drug-likeness (QED) is 0.630. The van der Waals surface area contributed by atoms with Crippen molar-refractivity contribution in [3.63, 3.8) is 0 Å². The Morgan fingerprint density at radius 3 is 2.26 bits per heavy atom. The number of carbonyl (C=O) groups is 3. The first-order valence-corrected chi connectivity index (χ1v) is 13.5. The van der Waals surface area contributed by atoms with Crippen molar-refractivity contribution in [3.05, 3.63) is 71.3 Å². The lowest BCUT2D eigenvalue weighted by Crippen LogP contribution is -2.50. The van der Waals surface area contributed by atoms with Gasteiger partial charge in [-0.2, -0.15) is 0 Å². The lowest BCUT2D eigenvalue weighted by molar-refractivity contribution is -0.144. The van der Waals surface area contributed by atoms with Gasteiger partial charge in [-0.25, -0.2) is 4.39 Å². The van der Waals surface area contributed by atoms with Gasteiger partial charge in [0.25, 0.3) is 0 Å². The molecule has 6 unspecified atom stereocenters. The van der Waals surface area contributed by atoms with Crippen LogP contribution < -0.4 is 5.32 Å². The number of fused-ring (bicyclic) bond motifs is 1. The lowest BCUT2D eigenvalue weighted by atomic mass is 9.95. The van der Waals surface area contributed by atoms with E-state index in [1.807, 2.05) is 42.5 Å². The highest BCUT2D eigenvalue weighted by atomic mass is 19.1. The number of nitrogens with zero attached hydrogens (tertiary/aromatic N) is 2. The molecule has 5 rings (SSSR count). The van der Waals surface area contributed by atoms with E-state index in [-0.39, 0.29) is 43.3 Å². The third-order valence-electron chi connectivity index (χ3n) is 8.21. The molecule has 0 bridgehead atoms. The van der Waals surface area contributed by atoms with E-state index >= 15 is 0 Å². The summed E-state index contributed by atoms with van der Waals surface area (Å²) in [6.07, 6.45) is -1.08. The minimum absolute atomic E-state index is 0.0521. The Balaban J connectivity index is 1.37. The first-order valence-electron chi connectivity index (χ1n) is 13.5. The second-order valence-electron chi connectivity index (χ2n) is 11.0. The summed E-state index contributed by atoms with van der Waals surface area (Å²) in [7, 11) is 0. The van der Waals surface area contributed by atoms with Gasteiger partial charge in [0.2, 0.25) is 17.7 Å². The number of nitrogens with one attached hydrogen (secondary N) is 1. The van der Waals surface area contributed by atoms with Crippen molar-refractivity contribution in [3.8, 4) is 0 Å². The number of likely N-dealkylation sites (tertiary alicyclic amines) is 2. The third-order valence-corrected chi connectivity index (χ3v) is 8.21. The van der Waals surface area contributed by atoms with Crippen molar-refractivity contribution >= 4 is 17.7 Å². The highest BCUT2D eigenvalue weighted by molar-refractivity contribution is 5.90. The van der Waals surface area contributed by atoms with E-state index in [2.05, 4.69) is 31.3 Å². The van der Waals surface area contributed by atoms with E-state index in [0.717, 1.165) is 11.1 Å². The van der Waals surface area contributed by atoms with Gasteiger partial charge in [0.15, 0.2) is 0 Å². The van der Waals surface area contributed by atoms with Gasteiger partial charge in [0.1, 0.15) is 12.2 Å². The molecule has 0 aliphatic carbocycles. The number of rotatable bonds is 6. The molecule has 3 heterocycles. The van der Waals surface area contributed by atoms with Crippen molar-refractivity contribution in [2.45, 2.75) is 69.9 Å². The van der Waals surface area contributed by atoms with E-state index in [1.54, 1.807) is 4.90 Å². The molecule has 0 spiro atoms. The molecule has 0 radical (unpaired) electrons. The maximum absolute atomic E-state index is 14.7. The molecule has 8 heteroatoms. The van der Waals surface area contributed by atoms with E-state index in [1.165, 1.54) is 17.4 Å². The number of ether oxygens (including phenoxy) is 1. The van der Waals surface area contributed by atoms with E-state index in [0.29, 0.717) is 18.9 Å². The molecule has 6 atom stereocenters. The van der Waals surface area contributed by atoms with Gasteiger partial charge in [-0.15, -0.1) is 0 Å². The second kappa shape index (κ2) is 10.8. The van der Waals surface area contributed by atoms with E-state index < -0.39 is 30.3 Å². The number of amides is 3. The van der Waals surface area contributed by atoms with E-state index in [4.69, 9.17) is 4.74 Å². The Labute approximate surface area is 223 Å². The standard InChI is InChI=1S/C30H36FN3O4/c1-18(2)20-9-11-22(12-10-20)27(21-7-5-4-6-8-21)32-29(36)26-15-23(31)16-34(26)30(37)24-17-33(19(3)35)25-13-14-38-28(24)25/h4-12,18,23-28H,13-17H2,1-3H3,(H,32,36). The Morgan fingerprint density at radius 1 is 0.947 bits per heavy atom. The van der Waals surface area contributed by atoms with Crippen molar-refractivity contribution < 1.29 is 23.5 Å². The number of halogens is 1. The molecule has 3 amide bonds. The van der Waals surface area contributed by atoms with Gasteiger partial charge in [-0.1, -0.05) is 68.4 Å². The minimum Gasteiger partial charge on any atom is -0.375 e. The summed E-state index contributed by atoms with van der Waals surface area (Å²) in [4.78, 5) is 42.6. The topological polar surface area (TPSA) is 79.0 Å². The van der Waals surface area contributed by atoms with E-state index in [9.17, 15) is 18.8 Å². The molecule has 38 heavy (non-hydrogen) atoms. The highest BCUT2D eigenvalue weighted by Crippen LogP contribution is 2.36. The molecule has 202 valence electrons. The molecule has 1 N–H and O–H groups in total. The highest BCUT2D eigenvalue weighted by Gasteiger charge is 2.53. The molecule has 7 nitrogen and oxygen atoms in total. The van der Waals surface area contributed by atoms with Crippen molar-refractivity contribution in [2.24, 2.45) is 5.92 Å². The molecule has 3 aliphatic rings. The zero-order valence-electron chi connectivity index (χ0n) is 22.2. The summed E-state index contributed by atoms with van der Waals surface area (Å²) in [5, 5.41) is 3.11. The number of benzene rings is 2. The maximum Gasteiger partial charge on any atom is 0.243 e. The monoisotopic (exact) mass is 521 g/mol. The van der Waals surface area contributed by atoms with Gasteiger partial charge in [-0.05, 0) is 29.0 Å². The summed E-state index contributed by atoms with van der Waals surface area (Å²) in [5.41, 5.74) is 3.01. The Kier molecular flexibility index (Phi) is 7.52.